The Hall–Kier alpha value is -1.43. The third kappa shape index (κ3) is 5.03. The molecule has 2 atom stereocenters. The van der Waals surface area contributed by atoms with E-state index in [1.165, 1.54) is 12.0 Å². The quantitative estimate of drug-likeness (QED) is 0.867. The van der Waals surface area contributed by atoms with Crippen LogP contribution in [0.15, 0.2) is 34.9 Å². The number of aromatic nitrogens is 2. The van der Waals surface area contributed by atoms with Crippen LogP contribution in [0, 0.1) is 0 Å². The average molecular weight is 351 g/mol. The second-order valence-electron chi connectivity index (χ2n) is 6.50. The fourth-order valence-corrected chi connectivity index (χ4v) is 3.13. The molecular formula is C18H27ClN4O. The minimum atomic E-state index is 0. The third-order valence-electron chi connectivity index (χ3n) is 4.57. The maximum atomic E-state index is 5.53. The highest BCUT2D eigenvalue weighted by molar-refractivity contribution is 5.85. The van der Waals surface area contributed by atoms with Crippen LogP contribution in [0.5, 0.6) is 0 Å². The van der Waals surface area contributed by atoms with Gasteiger partial charge < -0.3 is 9.84 Å². The van der Waals surface area contributed by atoms with Gasteiger partial charge in [-0.2, -0.15) is 4.98 Å². The largest absolute Gasteiger partial charge is 0.339 e. The topological polar surface area (TPSA) is 54.2 Å². The van der Waals surface area contributed by atoms with Crippen molar-refractivity contribution < 1.29 is 4.52 Å². The van der Waals surface area contributed by atoms with Crippen LogP contribution in [0.1, 0.15) is 43.0 Å². The van der Waals surface area contributed by atoms with Crippen LogP contribution in [0.4, 0.5) is 0 Å². The van der Waals surface area contributed by atoms with Crippen LogP contribution in [-0.2, 0) is 13.0 Å². The second kappa shape index (κ2) is 9.16. The number of rotatable bonds is 6. The summed E-state index contributed by atoms with van der Waals surface area (Å²) in [5, 5.41) is 7.35. The van der Waals surface area contributed by atoms with Crippen molar-refractivity contribution >= 4 is 12.4 Å². The van der Waals surface area contributed by atoms with E-state index in [1.807, 2.05) is 7.05 Å². The first kappa shape index (κ1) is 18.9. The van der Waals surface area contributed by atoms with Crippen LogP contribution in [-0.4, -0.2) is 41.2 Å². The standard InChI is InChI=1S/C18H26N4O.ClH/c1-14(19-2)11-17-20-18(23-21-17)16-9-6-10-22(13-16)12-15-7-4-3-5-8-15;/h3-5,7-8,14,16,19H,6,9-13H2,1-2H3;1H. The Balaban J connectivity index is 0.00000208. The van der Waals surface area contributed by atoms with Crippen molar-refractivity contribution in [3.8, 4) is 0 Å². The van der Waals surface area contributed by atoms with E-state index >= 15 is 0 Å². The smallest absolute Gasteiger partial charge is 0.231 e. The van der Waals surface area contributed by atoms with Crippen molar-refractivity contribution in [3.63, 3.8) is 0 Å². The van der Waals surface area contributed by atoms with E-state index < -0.39 is 0 Å². The van der Waals surface area contributed by atoms with E-state index in [0.717, 1.165) is 44.2 Å². The maximum Gasteiger partial charge on any atom is 0.231 e. The third-order valence-corrected chi connectivity index (χ3v) is 4.57. The van der Waals surface area contributed by atoms with E-state index in [2.05, 4.69) is 57.6 Å². The molecule has 1 saturated heterocycles. The molecule has 0 saturated carbocycles. The number of halogens is 1. The molecule has 2 heterocycles. The highest BCUT2D eigenvalue weighted by atomic mass is 35.5. The predicted molar refractivity (Wildman–Crippen MR) is 97.5 cm³/mol. The number of hydrogen-bond donors (Lipinski definition) is 1. The van der Waals surface area contributed by atoms with Crippen molar-refractivity contribution in [1.82, 2.24) is 20.4 Å². The van der Waals surface area contributed by atoms with Gasteiger partial charge in [0.25, 0.3) is 0 Å². The lowest BCUT2D eigenvalue weighted by Crippen LogP contribution is -2.34. The van der Waals surface area contributed by atoms with Gasteiger partial charge in [0.2, 0.25) is 5.89 Å². The first-order valence-electron chi connectivity index (χ1n) is 8.50. The minimum Gasteiger partial charge on any atom is -0.339 e. The molecule has 0 radical (unpaired) electrons. The van der Waals surface area contributed by atoms with Gasteiger partial charge in [-0.25, -0.2) is 0 Å². The number of nitrogens with one attached hydrogen (secondary N) is 1. The molecule has 1 aliphatic rings. The zero-order chi connectivity index (χ0) is 16.1. The van der Waals surface area contributed by atoms with Gasteiger partial charge in [-0.05, 0) is 38.9 Å². The lowest BCUT2D eigenvalue weighted by Gasteiger charge is -2.30. The Bertz CT molecular complexity index is 604. The van der Waals surface area contributed by atoms with Gasteiger partial charge in [-0.3, -0.25) is 4.90 Å². The molecule has 1 aromatic heterocycles. The summed E-state index contributed by atoms with van der Waals surface area (Å²) in [7, 11) is 1.95. The van der Waals surface area contributed by atoms with Gasteiger partial charge >= 0.3 is 0 Å². The molecule has 132 valence electrons. The molecule has 1 aliphatic heterocycles. The Labute approximate surface area is 150 Å². The first-order valence-corrected chi connectivity index (χ1v) is 8.50. The van der Waals surface area contributed by atoms with E-state index in [9.17, 15) is 0 Å². The van der Waals surface area contributed by atoms with Crippen LogP contribution in [0.25, 0.3) is 0 Å². The van der Waals surface area contributed by atoms with E-state index in [4.69, 9.17) is 4.52 Å². The van der Waals surface area contributed by atoms with Crippen LogP contribution in [0.2, 0.25) is 0 Å². The van der Waals surface area contributed by atoms with Crippen LogP contribution in [0.3, 0.4) is 0 Å². The Kier molecular flexibility index (Phi) is 7.21. The van der Waals surface area contributed by atoms with Crippen molar-refractivity contribution in [2.45, 2.75) is 44.7 Å². The highest BCUT2D eigenvalue weighted by Crippen LogP contribution is 2.26. The van der Waals surface area contributed by atoms with Crippen LogP contribution >= 0.6 is 12.4 Å². The van der Waals surface area contributed by atoms with E-state index in [0.29, 0.717) is 12.0 Å². The molecule has 6 heteroatoms. The monoisotopic (exact) mass is 350 g/mol. The number of likely N-dealkylation sites (N-methyl/N-ethyl adjacent to an activating group) is 1. The van der Waals surface area contributed by atoms with Crippen molar-refractivity contribution in [1.29, 1.82) is 0 Å². The van der Waals surface area contributed by atoms with Crippen molar-refractivity contribution in [2.24, 2.45) is 0 Å². The summed E-state index contributed by atoms with van der Waals surface area (Å²) < 4.78 is 5.53. The van der Waals surface area contributed by atoms with Crippen molar-refractivity contribution in [3.05, 3.63) is 47.6 Å². The second-order valence-corrected chi connectivity index (χ2v) is 6.50. The molecule has 1 fully saturated rings. The molecular weight excluding hydrogens is 324 g/mol. The minimum absolute atomic E-state index is 0. The van der Waals surface area contributed by atoms with Crippen LogP contribution < -0.4 is 5.32 Å². The number of piperidine rings is 1. The lowest BCUT2D eigenvalue weighted by atomic mass is 9.97. The molecule has 0 spiro atoms. The Morgan fingerprint density at radius 2 is 2.12 bits per heavy atom. The lowest BCUT2D eigenvalue weighted by molar-refractivity contribution is 0.180. The zero-order valence-corrected chi connectivity index (χ0v) is 15.3. The summed E-state index contributed by atoms with van der Waals surface area (Å²) >= 11 is 0. The average Bonchev–Trinajstić information content (AvgIpc) is 3.04. The number of likely N-dealkylation sites (tertiary alicyclic amines) is 1. The summed E-state index contributed by atoms with van der Waals surface area (Å²) in [6.07, 6.45) is 3.12. The molecule has 1 N–H and O–H groups in total. The van der Waals surface area contributed by atoms with Gasteiger partial charge in [-0.15, -0.1) is 12.4 Å². The maximum absolute atomic E-state index is 5.53. The van der Waals surface area contributed by atoms with Crippen molar-refractivity contribution in [2.75, 3.05) is 20.1 Å². The first-order chi connectivity index (χ1) is 11.2. The normalized spacial score (nSPS) is 19.7. The molecule has 0 bridgehead atoms. The Morgan fingerprint density at radius 1 is 1.33 bits per heavy atom. The number of nitrogens with zero attached hydrogens (tertiary/aromatic N) is 3. The summed E-state index contributed by atoms with van der Waals surface area (Å²) in [5.41, 5.74) is 1.36. The summed E-state index contributed by atoms with van der Waals surface area (Å²) in [4.78, 5) is 7.11. The number of hydrogen-bond acceptors (Lipinski definition) is 5. The summed E-state index contributed by atoms with van der Waals surface area (Å²) in [6, 6.07) is 11.0. The fraction of sp³-hybridized carbons (Fsp3) is 0.556. The molecule has 24 heavy (non-hydrogen) atoms. The Morgan fingerprint density at radius 3 is 2.88 bits per heavy atom. The van der Waals surface area contributed by atoms with Gasteiger partial charge in [0.15, 0.2) is 5.82 Å². The highest BCUT2D eigenvalue weighted by Gasteiger charge is 2.26. The number of benzene rings is 1. The van der Waals surface area contributed by atoms with E-state index in [-0.39, 0.29) is 12.4 Å². The molecule has 2 unspecified atom stereocenters. The summed E-state index contributed by atoms with van der Waals surface area (Å²) in [6.45, 7) is 5.26. The zero-order valence-electron chi connectivity index (χ0n) is 14.4. The molecule has 2 aromatic rings. The van der Waals surface area contributed by atoms with Gasteiger partial charge in [0.05, 0.1) is 5.92 Å². The molecule has 5 nitrogen and oxygen atoms in total. The molecule has 0 aliphatic carbocycles. The summed E-state index contributed by atoms with van der Waals surface area (Å²) in [5.74, 6) is 1.97. The molecule has 0 amide bonds. The van der Waals surface area contributed by atoms with Gasteiger partial charge in [0, 0.05) is 25.6 Å². The molecule has 3 rings (SSSR count). The van der Waals surface area contributed by atoms with E-state index in [1.54, 1.807) is 0 Å². The van der Waals surface area contributed by atoms with Gasteiger partial charge in [-0.1, -0.05) is 35.5 Å². The molecule has 1 aromatic carbocycles. The fourth-order valence-electron chi connectivity index (χ4n) is 3.13. The van der Waals surface area contributed by atoms with Gasteiger partial charge in [0.1, 0.15) is 0 Å². The predicted octanol–water partition coefficient (Wildman–Crippen LogP) is 3.02. The SMILES string of the molecule is CNC(C)Cc1noc(C2CCCN(Cc3ccccc3)C2)n1.Cl.